The standard InChI is InChI=1S/C29H36N8O2/c1-19-16-20(6-10-24(19)34-14-12-33(5)13-15-34)31-28-30-17-23-26(32-28)36(37(27(23)39)21-7-8-21)22-9-11-25(38)35(18-22)29(2,3)4/h6,9-11,16-18,21H,7-8,12-15H2,1-5H3,(H,30,31,32). The van der Waals surface area contributed by atoms with Crippen molar-refractivity contribution in [3.8, 4) is 5.69 Å². The number of nitrogens with one attached hydrogen (secondary N) is 1. The maximum Gasteiger partial charge on any atom is 0.278 e. The van der Waals surface area contributed by atoms with Crippen molar-refractivity contribution in [3.63, 3.8) is 0 Å². The van der Waals surface area contributed by atoms with Crippen molar-refractivity contribution in [1.29, 1.82) is 0 Å². The number of aryl methyl sites for hydroxylation is 1. The first kappa shape index (κ1) is 25.4. The second-order valence-electron chi connectivity index (χ2n) is 11.8. The summed E-state index contributed by atoms with van der Waals surface area (Å²) in [4.78, 5) is 40.1. The van der Waals surface area contributed by atoms with Crippen molar-refractivity contribution in [3.05, 3.63) is 69.0 Å². The Morgan fingerprint density at radius 1 is 1.00 bits per heavy atom. The van der Waals surface area contributed by atoms with Crippen molar-refractivity contribution in [2.75, 3.05) is 43.4 Å². The summed E-state index contributed by atoms with van der Waals surface area (Å²) in [6.07, 6.45) is 5.29. The van der Waals surface area contributed by atoms with Gasteiger partial charge in [0, 0.05) is 61.6 Å². The summed E-state index contributed by atoms with van der Waals surface area (Å²) in [5, 5.41) is 3.80. The molecular weight excluding hydrogens is 492 g/mol. The average Bonchev–Trinajstić information content (AvgIpc) is 3.68. The predicted octanol–water partition coefficient (Wildman–Crippen LogP) is 3.64. The molecule has 0 spiro atoms. The molecule has 10 nitrogen and oxygen atoms in total. The number of likely N-dealkylation sites (N-methyl/N-ethyl adjacent to an activating group) is 1. The zero-order valence-electron chi connectivity index (χ0n) is 23.3. The molecule has 0 unspecified atom stereocenters. The van der Waals surface area contributed by atoms with Crippen molar-refractivity contribution in [1.82, 2.24) is 28.8 Å². The van der Waals surface area contributed by atoms with E-state index >= 15 is 0 Å². The van der Waals surface area contributed by atoms with Gasteiger partial charge in [0.1, 0.15) is 5.39 Å². The van der Waals surface area contributed by atoms with Gasteiger partial charge in [-0.15, -0.1) is 0 Å². The van der Waals surface area contributed by atoms with Crippen LogP contribution < -0.4 is 21.3 Å². The molecule has 0 amide bonds. The number of aromatic nitrogens is 5. The Hall–Kier alpha value is -3.92. The van der Waals surface area contributed by atoms with E-state index in [1.807, 2.05) is 31.6 Å². The summed E-state index contributed by atoms with van der Waals surface area (Å²) in [6.45, 7) is 12.2. The van der Waals surface area contributed by atoms with Crippen LogP contribution >= 0.6 is 0 Å². The summed E-state index contributed by atoms with van der Waals surface area (Å²) < 4.78 is 5.32. The van der Waals surface area contributed by atoms with E-state index in [1.165, 1.54) is 11.3 Å². The highest BCUT2D eigenvalue weighted by Gasteiger charge is 2.31. The van der Waals surface area contributed by atoms with Gasteiger partial charge in [-0.25, -0.2) is 14.3 Å². The number of anilines is 3. The van der Waals surface area contributed by atoms with Gasteiger partial charge in [0.15, 0.2) is 5.65 Å². The normalized spacial score (nSPS) is 16.7. The van der Waals surface area contributed by atoms with Gasteiger partial charge >= 0.3 is 0 Å². The number of fused-ring (bicyclic) bond motifs is 1. The van der Waals surface area contributed by atoms with Gasteiger partial charge in [0.05, 0.1) is 11.7 Å². The first-order chi connectivity index (χ1) is 18.6. The Kier molecular flexibility index (Phi) is 6.10. The molecule has 1 aliphatic heterocycles. The molecule has 1 aromatic carbocycles. The van der Waals surface area contributed by atoms with Gasteiger partial charge in [0.2, 0.25) is 5.95 Å². The predicted molar refractivity (Wildman–Crippen MR) is 155 cm³/mol. The average molecular weight is 529 g/mol. The second-order valence-corrected chi connectivity index (χ2v) is 11.8. The fourth-order valence-electron chi connectivity index (χ4n) is 5.35. The Morgan fingerprint density at radius 3 is 2.41 bits per heavy atom. The quantitative estimate of drug-likeness (QED) is 0.423. The van der Waals surface area contributed by atoms with E-state index in [4.69, 9.17) is 4.98 Å². The molecule has 3 aromatic heterocycles. The van der Waals surface area contributed by atoms with Crippen LogP contribution in [0.25, 0.3) is 16.7 Å². The molecular formula is C29H36N8O2. The third kappa shape index (κ3) is 4.73. The van der Waals surface area contributed by atoms with Gasteiger partial charge < -0.3 is 19.7 Å². The highest BCUT2D eigenvalue weighted by molar-refractivity contribution is 5.77. The lowest BCUT2D eigenvalue weighted by Crippen LogP contribution is -2.44. The molecule has 4 heterocycles. The van der Waals surface area contributed by atoms with Crippen LogP contribution in [-0.4, -0.2) is 62.0 Å². The number of nitrogens with zero attached hydrogens (tertiary/aromatic N) is 7. The Balaban J connectivity index is 1.39. The van der Waals surface area contributed by atoms with Crippen molar-refractivity contribution in [2.45, 2.75) is 52.1 Å². The molecule has 0 atom stereocenters. The fourth-order valence-corrected chi connectivity index (χ4v) is 5.35. The lowest BCUT2D eigenvalue weighted by Gasteiger charge is -2.35. The molecule has 1 saturated heterocycles. The monoisotopic (exact) mass is 528 g/mol. The van der Waals surface area contributed by atoms with E-state index in [2.05, 4.69) is 52.3 Å². The van der Waals surface area contributed by atoms with Crippen molar-refractivity contribution >= 4 is 28.4 Å². The number of piperazine rings is 1. The zero-order chi connectivity index (χ0) is 27.5. The lowest BCUT2D eigenvalue weighted by atomic mass is 10.1. The van der Waals surface area contributed by atoms with Gasteiger partial charge in [-0.05, 0) is 77.4 Å². The Morgan fingerprint density at radius 2 is 1.74 bits per heavy atom. The highest BCUT2D eigenvalue weighted by Crippen LogP contribution is 2.36. The number of hydrogen-bond acceptors (Lipinski definition) is 7. The van der Waals surface area contributed by atoms with Gasteiger partial charge in [-0.3, -0.25) is 9.59 Å². The number of benzene rings is 1. The molecule has 6 rings (SSSR count). The maximum atomic E-state index is 13.4. The minimum absolute atomic E-state index is 0.0876. The highest BCUT2D eigenvalue weighted by atomic mass is 16.1. The molecule has 0 radical (unpaired) electrons. The lowest BCUT2D eigenvalue weighted by molar-refractivity contribution is 0.312. The molecule has 4 aromatic rings. The summed E-state index contributed by atoms with van der Waals surface area (Å²) in [6, 6.07) is 9.75. The Bertz CT molecular complexity index is 1660. The van der Waals surface area contributed by atoms with E-state index in [1.54, 1.807) is 27.6 Å². The number of pyridine rings is 1. The van der Waals surface area contributed by atoms with E-state index in [9.17, 15) is 9.59 Å². The van der Waals surface area contributed by atoms with Crippen LogP contribution in [0.4, 0.5) is 17.3 Å². The number of hydrogen-bond donors (Lipinski definition) is 1. The van der Waals surface area contributed by atoms with Crippen LogP contribution in [0.15, 0.2) is 52.3 Å². The summed E-state index contributed by atoms with van der Waals surface area (Å²) >= 11 is 0. The molecule has 0 bridgehead atoms. The molecule has 2 aliphatic rings. The van der Waals surface area contributed by atoms with Crippen LogP contribution in [-0.2, 0) is 5.54 Å². The van der Waals surface area contributed by atoms with E-state index in [-0.39, 0.29) is 17.2 Å². The van der Waals surface area contributed by atoms with Crippen LogP contribution in [0.3, 0.4) is 0 Å². The zero-order valence-corrected chi connectivity index (χ0v) is 23.3. The first-order valence-corrected chi connectivity index (χ1v) is 13.6. The van der Waals surface area contributed by atoms with Crippen LogP contribution in [0.5, 0.6) is 0 Å². The second kappa shape index (κ2) is 9.37. The molecule has 39 heavy (non-hydrogen) atoms. The molecule has 10 heteroatoms. The van der Waals surface area contributed by atoms with Crippen LogP contribution in [0, 0.1) is 6.92 Å². The molecule has 1 saturated carbocycles. The van der Waals surface area contributed by atoms with Crippen molar-refractivity contribution < 1.29 is 0 Å². The van der Waals surface area contributed by atoms with Gasteiger partial charge in [0.25, 0.3) is 11.1 Å². The van der Waals surface area contributed by atoms with E-state index in [0.717, 1.165) is 50.4 Å². The fraction of sp³-hybridized carbons (Fsp3) is 0.448. The van der Waals surface area contributed by atoms with E-state index in [0.29, 0.717) is 17.0 Å². The minimum atomic E-state index is -0.406. The minimum Gasteiger partial charge on any atom is -0.369 e. The summed E-state index contributed by atoms with van der Waals surface area (Å²) in [7, 11) is 2.16. The molecule has 1 N–H and O–H groups in total. The van der Waals surface area contributed by atoms with Crippen molar-refractivity contribution in [2.24, 2.45) is 0 Å². The first-order valence-electron chi connectivity index (χ1n) is 13.6. The Labute approximate surface area is 227 Å². The number of rotatable bonds is 5. The molecule has 204 valence electrons. The third-order valence-corrected chi connectivity index (χ3v) is 7.68. The molecule has 2 fully saturated rings. The van der Waals surface area contributed by atoms with E-state index < -0.39 is 5.54 Å². The molecule has 1 aliphatic carbocycles. The largest absolute Gasteiger partial charge is 0.369 e. The van der Waals surface area contributed by atoms with Crippen LogP contribution in [0.2, 0.25) is 0 Å². The topological polar surface area (TPSA) is 93.2 Å². The summed E-state index contributed by atoms with van der Waals surface area (Å²) in [5.74, 6) is 0.417. The van der Waals surface area contributed by atoms with Gasteiger partial charge in [-0.2, -0.15) is 4.98 Å². The third-order valence-electron chi connectivity index (χ3n) is 7.68. The SMILES string of the molecule is Cc1cc(Nc2ncc3c(=O)n(C4CC4)n(-c4ccc(=O)n(C(C)(C)C)c4)c3n2)ccc1N1CCN(C)CC1. The maximum absolute atomic E-state index is 13.4. The van der Waals surface area contributed by atoms with Gasteiger partial charge in [-0.1, -0.05) is 0 Å². The smallest absolute Gasteiger partial charge is 0.278 e. The summed E-state index contributed by atoms with van der Waals surface area (Å²) in [5.41, 5.74) is 3.96. The van der Waals surface area contributed by atoms with Crippen LogP contribution in [0.1, 0.15) is 45.2 Å².